The van der Waals surface area contributed by atoms with Crippen molar-refractivity contribution >= 4 is 17.5 Å². The van der Waals surface area contributed by atoms with Gasteiger partial charge in [0.1, 0.15) is 0 Å². The third-order valence-electron chi connectivity index (χ3n) is 3.82. The predicted molar refractivity (Wildman–Crippen MR) is 71.5 cm³/mol. The van der Waals surface area contributed by atoms with E-state index in [1.54, 1.807) is 18.6 Å². The van der Waals surface area contributed by atoms with Gasteiger partial charge >= 0.3 is 0 Å². The quantitative estimate of drug-likeness (QED) is 0.783. The topological polar surface area (TPSA) is 69.0 Å². The summed E-state index contributed by atoms with van der Waals surface area (Å²) in [6.07, 6.45) is 6.11. The van der Waals surface area contributed by atoms with Crippen LogP contribution in [0.5, 0.6) is 0 Å². The van der Waals surface area contributed by atoms with E-state index in [9.17, 15) is 0 Å². The fourth-order valence-electron chi connectivity index (χ4n) is 2.83. The number of ether oxygens (including phenoxy) is 1. The monoisotopic (exact) mass is 292 g/mol. The van der Waals surface area contributed by atoms with Gasteiger partial charge in [-0.15, -0.1) is 5.10 Å². The Bertz CT molecular complexity index is 615. The molecule has 0 saturated carbocycles. The van der Waals surface area contributed by atoms with Crippen molar-refractivity contribution in [2.45, 2.75) is 25.2 Å². The Labute approximate surface area is 120 Å². The lowest BCUT2D eigenvalue weighted by atomic mass is 10.0. The maximum Gasteiger partial charge on any atom is 0.225 e. The van der Waals surface area contributed by atoms with Crippen LogP contribution in [-0.2, 0) is 11.3 Å². The molecule has 8 heteroatoms. The van der Waals surface area contributed by atoms with Gasteiger partial charge in [-0.1, -0.05) is 16.8 Å². The smallest absolute Gasteiger partial charge is 0.225 e. The van der Waals surface area contributed by atoms with Crippen molar-refractivity contribution in [2.75, 3.05) is 18.0 Å². The number of fused-ring (bicyclic) bond motifs is 3. The molecule has 1 saturated heterocycles. The van der Waals surface area contributed by atoms with Gasteiger partial charge in [0.2, 0.25) is 5.95 Å². The van der Waals surface area contributed by atoms with E-state index in [1.807, 2.05) is 4.68 Å². The molecule has 1 fully saturated rings. The molecule has 0 amide bonds. The van der Waals surface area contributed by atoms with E-state index < -0.39 is 0 Å². The van der Waals surface area contributed by atoms with Gasteiger partial charge in [0.15, 0.2) is 0 Å². The van der Waals surface area contributed by atoms with Gasteiger partial charge < -0.3 is 9.64 Å². The first-order valence-electron chi connectivity index (χ1n) is 6.54. The van der Waals surface area contributed by atoms with Crippen LogP contribution in [0.25, 0.3) is 0 Å². The maximum atomic E-state index is 5.88. The molecule has 0 spiro atoms. The highest BCUT2D eigenvalue weighted by molar-refractivity contribution is 6.30. The summed E-state index contributed by atoms with van der Waals surface area (Å²) in [5.74, 6) is 0.695. The number of anilines is 1. The van der Waals surface area contributed by atoms with Crippen LogP contribution >= 0.6 is 11.6 Å². The molecule has 0 N–H and O–H groups in total. The molecule has 2 aromatic rings. The number of hydrogen-bond acceptors (Lipinski definition) is 6. The molecule has 104 valence electrons. The summed E-state index contributed by atoms with van der Waals surface area (Å²) in [5.41, 5.74) is 1.02. The van der Waals surface area contributed by atoms with Crippen molar-refractivity contribution in [2.24, 2.45) is 0 Å². The van der Waals surface area contributed by atoms with E-state index in [1.165, 1.54) is 0 Å². The fraction of sp³-hybridized carbons (Fsp3) is 0.500. The first-order valence-corrected chi connectivity index (χ1v) is 6.92. The summed E-state index contributed by atoms with van der Waals surface area (Å²) in [6.45, 7) is 2.22. The zero-order valence-electron chi connectivity index (χ0n) is 10.7. The van der Waals surface area contributed by atoms with Gasteiger partial charge in [-0.05, 0) is 6.42 Å². The molecule has 0 aromatic carbocycles. The van der Waals surface area contributed by atoms with E-state index >= 15 is 0 Å². The molecule has 0 bridgehead atoms. The van der Waals surface area contributed by atoms with E-state index in [0.29, 0.717) is 17.6 Å². The minimum Gasteiger partial charge on any atom is -0.370 e. The van der Waals surface area contributed by atoms with E-state index in [0.717, 1.165) is 25.2 Å². The number of nitrogens with zero attached hydrogens (tertiary/aromatic N) is 6. The molecule has 4 heterocycles. The van der Waals surface area contributed by atoms with E-state index in [-0.39, 0.29) is 12.1 Å². The lowest BCUT2D eigenvalue weighted by Gasteiger charge is -2.40. The van der Waals surface area contributed by atoms with Crippen LogP contribution in [0.2, 0.25) is 5.02 Å². The molecule has 20 heavy (non-hydrogen) atoms. The van der Waals surface area contributed by atoms with Gasteiger partial charge in [0.25, 0.3) is 0 Å². The Morgan fingerprint density at radius 2 is 2.10 bits per heavy atom. The zero-order chi connectivity index (χ0) is 13.5. The first kappa shape index (κ1) is 12.0. The molecule has 2 atom stereocenters. The lowest BCUT2D eigenvalue weighted by Crippen LogP contribution is -2.48. The summed E-state index contributed by atoms with van der Waals surface area (Å²) in [4.78, 5) is 10.7. The van der Waals surface area contributed by atoms with Crippen LogP contribution in [0.1, 0.15) is 18.2 Å². The SMILES string of the molecule is Clc1cnc(N2CC[C@H]3OCc4cnnn4[C@@H]3C2)nc1. The van der Waals surface area contributed by atoms with Crippen molar-refractivity contribution in [3.63, 3.8) is 0 Å². The van der Waals surface area contributed by atoms with Crippen LogP contribution in [0.15, 0.2) is 18.6 Å². The zero-order valence-corrected chi connectivity index (χ0v) is 11.4. The average molecular weight is 293 g/mol. The van der Waals surface area contributed by atoms with E-state index in [4.69, 9.17) is 16.3 Å². The molecule has 4 rings (SSSR count). The van der Waals surface area contributed by atoms with Crippen molar-refractivity contribution in [3.8, 4) is 0 Å². The summed E-state index contributed by atoms with van der Waals surface area (Å²) < 4.78 is 7.85. The molecule has 2 aliphatic heterocycles. The second kappa shape index (κ2) is 4.68. The Balaban J connectivity index is 1.61. The minimum atomic E-state index is 0.161. The molecule has 2 aliphatic rings. The Hall–Kier alpha value is -1.73. The summed E-state index contributed by atoms with van der Waals surface area (Å²) in [7, 11) is 0. The van der Waals surface area contributed by atoms with Gasteiger partial charge in [0.05, 0.1) is 48.1 Å². The van der Waals surface area contributed by atoms with Gasteiger partial charge in [-0.3, -0.25) is 0 Å². The largest absolute Gasteiger partial charge is 0.370 e. The average Bonchev–Trinajstić information content (AvgIpc) is 2.96. The van der Waals surface area contributed by atoms with E-state index in [2.05, 4.69) is 25.2 Å². The van der Waals surface area contributed by atoms with Crippen molar-refractivity contribution in [1.82, 2.24) is 25.0 Å². The third-order valence-corrected chi connectivity index (χ3v) is 4.01. The molecule has 0 unspecified atom stereocenters. The molecule has 0 aliphatic carbocycles. The van der Waals surface area contributed by atoms with Crippen LogP contribution in [0.4, 0.5) is 5.95 Å². The highest BCUT2D eigenvalue weighted by Crippen LogP contribution is 2.31. The normalized spacial score (nSPS) is 25.1. The number of aromatic nitrogens is 5. The van der Waals surface area contributed by atoms with Crippen molar-refractivity contribution < 1.29 is 4.74 Å². The van der Waals surface area contributed by atoms with Crippen LogP contribution in [-0.4, -0.2) is 44.2 Å². The Morgan fingerprint density at radius 1 is 1.25 bits per heavy atom. The number of halogens is 1. The third kappa shape index (κ3) is 1.94. The Kier molecular flexibility index (Phi) is 2.82. The minimum absolute atomic E-state index is 0.161. The Morgan fingerprint density at radius 3 is 2.95 bits per heavy atom. The number of rotatable bonds is 1. The molecule has 0 radical (unpaired) electrons. The number of hydrogen-bond donors (Lipinski definition) is 0. The summed E-state index contributed by atoms with van der Waals surface area (Å²) in [5, 5.41) is 8.70. The van der Waals surface area contributed by atoms with Crippen molar-refractivity contribution in [3.05, 3.63) is 29.3 Å². The highest BCUT2D eigenvalue weighted by atomic mass is 35.5. The first-order chi connectivity index (χ1) is 9.81. The molecular weight excluding hydrogens is 280 g/mol. The highest BCUT2D eigenvalue weighted by Gasteiger charge is 2.37. The second-order valence-electron chi connectivity index (χ2n) is 5.02. The standard InChI is InChI=1S/C12H13ClN6O/c13-8-3-14-12(15-4-8)18-2-1-11-10(6-18)19-9(7-20-11)5-16-17-19/h3-5,10-11H,1-2,6-7H2/t10-,11-/m1/s1. The lowest BCUT2D eigenvalue weighted by molar-refractivity contribution is -0.0374. The van der Waals surface area contributed by atoms with Gasteiger partial charge in [-0.2, -0.15) is 0 Å². The summed E-state index contributed by atoms with van der Waals surface area (Å²) in [6, 6.07) is 0.161. The van der Waals surface area contributed by atoms with Crippen LogP contribution < -0.4 is 4.90 Å². The van der Waals surface area contributed by atoms with Crippen LogP contribution in [0, 0.1) is 0 Å². The second-order valence-corrected chi connectivity index (χ2v) is 5.46. The molecular formula is C12H13ClN6O. The molecule has 2 aromatic heterocycles. The summed E-state index contributed by atoms with van der Waals surface area (Å²) >= 11 is 5.83. The maximum absolute atomic E-state index is 5.88. The number of piperidine rings is 1. The molecule has 7 nitrogen and oxygen atoms in total. The van der Waals surface area contributed by atoms with Crippen molar-refractivity contribution in [1.29, 1.82) is 0 Å². The van der Waals surface area contributed by atoms with Gasteiger partial charge in [0, 0.05) is 13.1 Å². The van der Waals surface area contributed by atoms with Gasteiger partial charge in [-0.25, -0.2) is 14.6 Å². The fourth-order valence-corrected chi connectivity index (χ4v) is 2.93. The predicted octanol–water partition coefficient (Wildman–Crippen LogP) is 1.07. The van der Waals surface area contributed by atoms with Crippen LogP contribution in [0.3, 0.4) is 0 Å².